The van der Waals surface area contributed by atoms with E-state index in [1.165, 1.54) is 12.8 Å². The molecule has 7 nitrogen and oxygen atoms in total. The number of nitrogens with one attached hydrogen (secondary N) is 1. The zero-order valence-corrected chi connectivity index (χ0v) is 17.8. The molecule has 1 aromatic carbocycles. The van der Waals surface area contributed by atoms with Crippen LogP contribution >= 0.6 is 0 Å². The first-order chi connectivity index (χ1) is 15.1. The molecule has 2 amide bonds. The van der Waals surface area contributed by atoms with Gasteiger partial charge in [-0.3, -0.25) is 9.59 Å². The van der Waals surface area contributed by atoms with Gasteiger partial charge in [0.25, 0.3) is 5.91 Å². The molecule has 2 heterocycles. The highest BCUT2D eigenvalue weighted by Crippen LogP contribution is 2.39. The third kappa shape index (κ3) is 4.51. The molecule has 2 aromatic rings. The van der Waals surface area contributed by atoms with E-state index in [0.29, 0.717) is 42.3 Å². The van der Waals surface area contributed by atoms with Gasteiger partial charge in [0, 0.05) is 38.2 Å². The van der Waals surface area contributed by atoms with E-state index in [9.17, 15) is 9.59 Å². The fourth-order valence-electron chi connectivity index (χ4n) is 5.00. The number of fused-ring (bicyclic) bond motifs is 1. The summed E-state index contributed by atoms with van der Waals surface area (Å²) in [5.41, 5.74) is 1.25. The first-order valence-electron chi connectivity index (χ1n) is 11.3. The van der Waals surface area contributed by atoms with Crippen LogP contribution in [0.5, 0.6) is 0 Å². The number of rotatable bonds is 6. The Morgan fingerprint density at radius 3 is 2.61 bits per heavy atom. The molecule has 0 unspecified atom stereocenters. The normalized spacial score (nSPS) is 27.7. The van der Waals surface area contributed by atoms with Gasteiger partial charge in [0.15, 0.2) is 11.5 Å². The number of likely N-dealkylation sites (tertiary alicyclic amines) is 1. The molecular weight excluding hydrogens is 394 g/mol. The van der Waals surface area contributed by atoms with Gasteiger partial charge in [0.1, 0.15) is 0 Å². The van der Waals surface area contributed by atoms with Crippen molar-refractivity contribution in [3.8, 4) is 11.3 Å². The highest BCUT2D eigenvalue weighted by Gasteiger charge is 2.45. The SMILES string of the molecule is CC(=O)N[C@@H]1C[C@@H]2CN(C(=O)c3cc(-c4ccccc4)on3)C[C@@H]2C[C@H]1OCC1CC1. The van der Waals surface area contributed by atoms with Gasteiger partial charge in [-0.05, 0) is 43.4 Å². The summed E-state index contributed by atoms with van der Waals surface area (Å²) in [6.45, 7) is 3.72. The zero-order valence-electron chi connectivity index (χ0n) is 17.8. The molecule has 5 rings (SSSR count). The lowest BCUT2D eigenvalue weighted by Crippen LogP contribution is -2.50. The lowest BCUT2D eigenvalue weighted by atomic mass is 9.77. The van der Waals surface area contributed by atoms with E-state index in [0.717, 1.165) is 25.0 Å². The molecule has 1 saturated heterocycles. The molecular formula is C24H29N3O4. The van der Waals surface area contributed by atoms with E-state index in [1.54, 1.807) is 13.0 Å². The maximum atomic E-state index is 13.1. The van der Waals surface area contributed by atoms with Gasteiger partial charge >= 0.3 is 0 Å². The average Bonchev–Trinajstić information content (AvgIpc) is 3.30. The Morgan fingerprint density at radius 2 is 1.90 bits per heavy atom. The van der Waals surface area contributed by atoms with E-state index in [-0.39, 0.29) is 24.0 Å². The van der Waals surface area contributed by atoms with Crippen molar-refractivity contribution < 1.29 is 18.8 Å². The molecule has 2 saturated carbocycles. The molecule has 0 radical (unpaired) electrons. The van der Waals surface area contributed by atoms with Crippen molar-refractivity contribution >= 4 is 11.8 Å². The van der Waals surface area contributed by atoms with Crippen LogP contribution in [0, 0.1) is 17.8 Å². The Kier molecular flexibility index (Phi) is 5.52. The summed E-state index contributed by atoms with van der Waals surface area (Å²) in [5.74, 6) is 1.92. The maximum absolute atomic E-state index is 13.1. The van der Waals surface area contributed by atoms with Crippen LogP contribution in [0.3, 0.4) is 0 Å². The molecule has 1 aromatic heterocycles. The largest absolute Gasteiger partial charge is 0.376 e. The molecule has 1 aliphatic heterocycles. The summed E-state index contributed by atoms with van der Waals surface area (Å²) in [4.78, 5) is 26.7. The van der Waals surface area contributed by atoms with Gasteiger partial charge < -0.3 is 19.5 Å². The number of hydrogen-bond acceptors (Lipinski definition) is 5. The van der Waals surface area contributed by atoms with Crippen molar-refractivity contribution in [3.05, 3.63) is 42.1 Å². The molecule has 1 N–H and O–H groups in total. The number of carbonyl (C=O) groups is 2. The summed E-state index contributed by atoms with van der Waals surface area (Å²) in [5, 5.41) is 7.12. The number of benzene rings is 1. The highest BCUT2D eigenvalue weighted by atomic mass is 16.5. The Morgan fingerprint density at radius 1 is 1.16 bits per heavy atom. The Bertz CT molecular complexity index is 939. The van der Waals surface area contributed by atoms with Crippen molar-refractivity contribution in [2.24, 2.45) is 17.8 Å². The second kappa shape index (κ2) is 8.46. The number of aromatic nitrogens is 1. The van der Waals surface area contributed by atoms with Crippen molar-refractivity contribution in [2.75, 3.05) is 19.7 Å². The van der Waals surface area contributed by atoms with Gasteiger partial charge in [-0.1, -0.05) is 35.5 Å². The van der Waals surface area contributed by atoms with Crippen LogP contribution in [0.2, 0.25) is 0 Å². The minimum absolute atomic E-state index is 0.0179. The van der Waals surface area contributed by atoms with Crippen LogP contribution in [-0.4, -0.2) is 53.7 Å². The van der Waals surface area contributed by atoms with E-state index >= 15 is 0 Å². The fourth-order valence-corrected chi connectivity index (χ4v) is 5.00. The monoisotopic (exact) mass is 423 g/mol. The first kappa shape index (κ1) is 20.2. The summed E-state index contributed by atoms with van der Waals surface area (Å²) in [6, 6.07) is 11.4. The summed E-state index contributed by atoms with van der Waals surface area (Å²) >= 11 is 0. The lowest BCUT2D eigenvalue weighted by Gasteiger charge is -2.38. The topological polar surface area (TPSA) is 84.7 Å². The van der Waals surface area contributed by atoms with Crippen LogP contribution in [0.1, 0.15) is 43.1 Å². The Labute approximate surface area is 182 Å². The minimum atomic E-state index is -0.0909. The molecule has 7 heteroatoms. The second-order valence-corrected chi connectivity index (χ2v) is 9.27. The number of nitrogens with zero attached hydrogens (tertiary/aromatic N) is 2. The van der Waals surface area contributed by atoms with Crippen molar-refractivity contribution in [1.29, 1.82) is 0 Å². The quantitative estimate of drug-likeness (QED) is 0.772. The van der Waals surface area contributed by atoms with Gasteiger partial charge in [-0.2, -0.15) is 0 Å². The predicted octanol–water partition coefficient (Wildman–Crippen LogP) is 3.12. The maximum Gasteiger partial charge on any atom is 0.276 e. The summed E-state index contributed by atoms with van der Waals surface area (Å²) < 4.78 is 11.6. The molecule has 3 aliphatic rings. The first-order valence-corrected chi connectivity index (χ1v) is 11.3. The minimum Gasteiger partial charge on any atom is -0.376 e. The molecule has 3 fully saturated rings. The number of ether oxygens (including phenoxy) is 1. The molecule has 0 bridgehead atoms. The van der Waals surface area contributed by atoms with Crippen molar-refractivity contribution in [3.63, 3.8) is 0 Å². The third-order valence-corrected chi connectivity index (χ3v) is 6.82. The summed E-state index contributed by atoms with van der Waals surface area (Å²) in [6.07, 6.45) is 4.23. The van der Waals surface area contributed by atoms with Crippen molar-refractivity contribution in [1.82, 2.24) is 15.4 Å². The Balaban J connectivity index is 1.25. The standard InChI is InChI=1S/C24H29N3O4/c1-15(28)25-20-9-18-12-27(13-19(18)10-23(20)30-14-16-7-8-16)24(29)21-11-22(31-26-21)17-5-3-2-4-6-17/h2-6,11,16,18-20,23H,7-10,12-14H2,1H3,(H,25,28)/t18-,19+,20-,23-/m1/s1. The third-order valence-electron chi connectivity index (χ3n) is 6.82. The predicted molar refractivity (Wildman–Crippen MR) is 114 cm³/mol. The fraction of sp³-hybridized carbons (Fsp3) is 0.542. The van der Waals surface area contributed by atoms with Crippen molar-refractivity contribution in [2.45, 2.75) is 44.8 Å². The smallest absolute Gasteiger partial charge is 0.276 e. The van der Waals surface area contributed by atoms with Gasteiger partial charge in [0.05, 0.1) is 12.1 Å². The number of hydrogen-bond donors (Lipinski definition) is 1. The zero-order chi connectivity index (χ0) is 21.4. The lowest BCUT2D eigenvalue weighted by molar-refractivity contribution is -0.122. The van der Waals surface area contributed by atoms with E-state index in [4.69, 9.17) is 9.26 Å². The Hall–Kier alpha value is -2.67. The van der Waals surface area contributed by atoms with Gasteiger partial charge in [0.2, 0.25) is 5.91 Å². The number of carbonyl (C=O) groups excluding carboxylic acids is 2. The molecule has 2 aliphatic carbocycles. The van der Waals surface area contributed by atoms with Gasteiger partial charge in [-0.25, -0.2) is 0 Å². The van der Waals surface area contributed by atoms with Crippen LogP contribution in [0.25, 0.3) is 11.3 Å². The molecule has 31 heavy (non-hydrogen) atoms. The van der Waals surface area contributed by atoms with E-state index in [2.05, 4.69) is 10.5 Å². The van der Waals surface area contributed by atoms with Crippen LogP contribution in [-0.2, 0) is 9.53 Å². The van der Waals surface area contributed by atoms with Crippen LogP contribution in [0.4, 0.5) is 0 Å². The average molecular weight is 424 g/mol. The highest BCUT2D eigenvalue weighted by molar-refractivity contribution is 5.93. The number of amides is 2. The van der Waals surface area contributed by atoms with E-state index in [1.807, 2.05) is 35.2 Å². The second-order valence-electron chi connectivity index (χ2n) is 9.27. The van der Waals surface area contributed by atoms with Gasteiger partial charge in [-0.15, -0.1) is 0 Å². The molecule has 0 spiro atoms. The van der Waals surface area contributed by atoms with E-state index < -0.39 is 0 Å². The van der Waals surface area contributed by atoms with Crippen LogP contribution < -0.4 is 5.32 Å². The molecule has 4 atom stereocenters. The molecule has 164 valence electrons. The van der Waals surface area contributed by atoms with Crippen LogP contribution in [0.15, 0.2) is 40.9 Å². The summed E-state index contributed by atoms with van der Waals surface area (Å²) in [7, 11) is 0.